The number of halogens is 2. The summed E-state index contributed by atoms with van der Waals surface area (Å²) in [7, 11) is 0. The Morgan fingerprint density at radius 3 is 2.84 bits per heavy atom. The van der Waals surface area contributed by atoms with E-state index in [1.165, 1.54) is 0 Å². The molecule has 0 saturated carbocycles. The molecule has 0 N–H and O–H groups in total. The van der Waals surface area contributed by atoms with Crippen LogP contribution in [0.4, 0.5) is 0 Å². The first-order valence-electron chi connectivity index (χ1n) is 5.69. The van der Waals surface area contributed by atoms with Crippen LogP contribution in [-0.4, -0.2) is 6.79 Å². The van der Waals surface area contributed by atoms with Crippen LogP contribution in [0.15, 0.2) is 36.4 Å². The minimum atomic E-state index is 0.248. The van der Waals surface area contributed by atoms with Gasteiger partial charge in [0, 0.05) is 17.0 Å². The zero-order valence-electron chi connectivity index (χ0n) is 9.86. The molecule has 5 heteroatoms. The quantitative estimate of drug-likeness (QED) is 0.754. The van der Waals surface area contributed by atoms with Crippen LogP contribution in [0.1, 0.15) is 5.56 Å². The van der Waals surface area contributed by atoms with Crippen LogP contribution < -0.4 is 14.2 Å². The van der Waals surface area contributed by atoms with Crippen molar-refractivity contribution in [3.8, 4) is 23.0 Å². The molecule has 1 aliphatic heterocycles. The molecule has 0 aliphatic carbocycles. The number of para-hydroxylation sites is 1. The van der Waals surface area contributed by atoms with Crippen LogP contribution >= 0.6 is 27.5 Å². The molecule has 1 heterocycles. The second-order valence-corrected chi connectivity index (χ2v) is 4.95. The summed E-state index contributed by atoms with van der Waals surface area (Å²) in [6.07, 6.45) is 0. The Bertz CT molecular complexity index is 616. The fourth-order valence-corrected chi connectivity index (χ4v) is 2.51. The zero-order chi connectivity index (χ0) is 13.2. The number of benzene rings is 2. The molecule has 1 aliphatic rings. The normalized spacial score (nSPS) is 12.5. The van der Waals surface area contributed by atoms with Crippen molar-refractivity contribution >= 4 is 27.5 Å². The minimum Gasteiger partial charge on any atom is -0.455 e. The smallest absolute Gasteiger partial charge is 0.231 e. The average molecular weight is 342 g/mol. The number of ether oxygens (including phenoxy) is 3. The van der Waals surface area contributed by atoms with Gasteiger partial charge in [-0.05, 0) is 18.2 Å². The molecule has 2 aromatic rings. The molecule has 3 rings (SSSR count). The van der Waals surface area contributed by atoms with Crippen molar-refractivity contribution < 1.29 is 14.2 Å². The highest BCUT2D eigenvalue weighted by Crippen LogP contribution is 2.39. The van der Waals surface area contributed by atoms with E-state index < -0.39 is 0 Å². The van der Waals surface area contributed by atoms with Crippen molar-refractivity contribution in [2.45, 2.75) is 5.33 Å². The Morgan fingerprint density at radius 1 is 1.16 bits per heavy atom. The predicted octanol–water partition coefficient (Wildman–Crippen LogP) is 4.76. The van der Waals surface area contributed by atoms with Gasteiger partial charge in [0.05, 0.1) is 5.02 Å². The van der Waals surface area contributed by atoms with Gasteiger partial charge in [0.25, 0.3) is 0 Å². The first kappa shape index (κ1) is 12.6. The Morgan fingerprint density at radius 2 is 2.00 bits per heavy atom. The van der Waals surface area contributed by atoms with E-state index in [1.807, 2.05) is 24.3 Å². The van der Waals surface area contributed by atoms with E-state index in [0.29, 0.717) is 27.6 Å². The SMILES string of the molecule is Clc1cccc(CBr)c1Oc1ccc2c(c1)OCO2. The zero-order valence-corrected chi connectivity index (χ0v) is 12.2. The molecule has 98 valence electrons. The molecule has 0 aromatic heterocycles. The van der Waals surface area contributed by atoms with Crippen molar-refractivity contribution in [2.75, 3.05) is 6.79 Å². The Kier molecular flexibility index (Phi) is 3.53. The third-order valence-electron chi connectivity index (χ3n) is 2.76. The van der Waals surface area contributed by atoms with Crippen LogP contribution in [-0.2, 0) is 5.33 Å². The van der Waals surface area contributed by atoms with Crippen molar-refractivity contribution in [3.05, 3.63) is 47.0 Å². The Labute approximate surface area is 124 Å². The third-order valence-corrected chi connectivity index (χ3v) is 3.66. The summed E-state index contributed by atoms with van der Waals surface area (Å²) >= 11 is 9.60. The van der Waals surface area contributed by atoms with Gasteiger partial charge in [-0.3, -0.25) is 0 Å². The minimum absolute atomic E-state index is 0.248. The van der Waals surface area contributed by atoms with Crippen molar-refractivity contribution in [3.63, 3.8) is 0 Å². The van der Waals surface area contributed by atoms with Crippen LogP contribution in [0.2, 0.25) is 5.02 Å². The number of fused-ring (bicyclic) bond motifs is 1. The number of hydrogen-bond donors (Lipinski definition) is 0. The fourth-order valence-electron chi connectivity index (χ4n) is 1.83. The molecular formula is C14H10BrClO3. The molecule has 0 atom stereocenters. The summed E-state index contributed by atoms with van der Waals surface area (Å²) in [4.78, 5) is 0. The lowest BCUT2D eigenvalue weighted by Crippen LogP contribution is -1.93. The van der Waals surface area contributed by atoms with Crippen LogP contribution in [0, 0.1) is 0 Å². The topological polar surface area (TPSA) is 27.7 Å². The second kappa shape index (κ2) is 5.31. The van der Waals surface area contributed by atoms with Gasteiger partial charge < -0.3 is 14.2 Å². The van der Waals surface area contributed by atoms with Gasteiger partial charge in [0.2, 0.25) is 6.79 Å². The van der Waals surface area contributed by atoms with Gasteiger partial charge in [-0.1, -0.05) is 39.7 Å². The summed E-state index contributed by atoms with van der Waals surface area (Å²) in [6, 6.07) is 11.1. The van der Waals surface area contributed by atoms with Gasteiger partial charge in [-0.15, -0.1) is 0 Å². The summed E-state index contributed by atoms with van der Waals surface area (Å²) in [6.45, 7) is 0.248. The van der Waals surface area contributed by atoms with Crippen LogP contribution in [0.25, 0.3) is 0 Å². The Hall–Kier alpha value is -1.39. The van der Waals surface area contributed by atoms with E-state index in [2.05, 4.69) is 15.9 Å². The maximum absolute atomic E-state index is 6.17. The molecule has 0 fully saturated rings. The molecule has 0 unspecified atom stereocenters. The Balaban J connectivity index is 1.93. The van der Waals surface area contributed by atoms with Gasteiger partial charge >= 0.3 is 0 Å². The van der Waals surface area contributed by atoms with E-state index in [-0.39, 0.29) is 6.79 Å². The number of alkyl halides is 1. The standard InChI is InChI=1S/C14H10BrClO3/c15-7-9-2-1-3-11(16)14(9)19-10-4-5-12-13(6-10)18-8-17-12/h1-6H,7-8H2. The number of rotatable bonds is 3. The molecule has 0 spiro atoms. The maximum atomic E-state index is 6.17. The highest BCUT2D eigenvalue weighted by molar-refractivity contribution is 9.08. The molecule has 2 aromatic carbocycles. The van der Waals surface area contributed by atoms with Crippen LogP contribution in [0.5, 0.6) is 23.0 Å². The summed E-state index contributed by atoms with van der Waals surface area (Å²) < 4.78 is 16.4. The first-order chi connectivity index (χ1) is 9.28. The van der Waals surface area contributed by atoms with E-state index in [0.717, 1.165) is 11.3 Å². The van der Waals surface area contributed by atoms with E-state index in [1.54, 1.807) is 12.1 Å². The van der Waals surface area contributed by atoms with Gasteiger partial charge in [-0.2, -0.15) is 0 Å². The average Bonchev–Trinajstić information content (AvgIpc) is 2.88. The molecule has 0 radical (unpaired) electrons. The summed E-state index contributed by atoms with van der Waals surface area (Å²) in [5, 5.41) is 1.25. The summed E-state index contributed by atoms with van der Waals surface area (Å²) in [5.41, 5.74) is 0.991. The first-order valence-corrected chi connectivity index (χ1v) is 7.19. The second-order valence-electron chi connectivity index (χ2n) is 3.98. The van der Waals surface area contributed by atoms with Gasteiger partial charge in [0.15, 0.2) is 11.5 Å². The summed E-state index contributed by atoms with van der Waals surface area (Å²) in [5.74, 6) is 2.73. The molecule has 0 saturated heterocycles. The lowest BCUT2D eigenvalue weighted by Gasteiger charge is -2.11. The molecule has 3 nitrogen and oxygen atoms in total. The van der Waals surface area contributed by atoms with E-state index >= 15 is 0 Å². The molecule has 0 bridgehead atoms. The molecule has 0 amide bonds. The van der Waals surface area contributed by atoms with Crippen molar-refractivity contribution in [2.24, 2.45) is 0 Å². The lowest BCUT2D eigenvalue weighted by molar-refractivity contribution is 0.174. The van der Waals surface area contributed by atoms with Crippen LogP contribution in [0.3, 0.4) is 0 Å². The maximum Gasteiger partial charge on any atom is 0.231 e. The lowest BCUT2D eigenvalue weighted by atomic mass is 10.2. The molecule has 19 heavy (non-hydrogen) atoms. The monoisotopic (exact) mass is 340 g/mol. The van der Waals surface area contributed by atoms with Crippen molar-refractivity contribution in [1.29, 1.82) is 0 Å². The third kappa shape index (κ3) is 2.51. The fraction of sp³-hybridized carbons (Fsp3) is 0.143. The van der Waals surface area contributed by atoms with Gasteiger partial charge in [-0.25, -0.2) is 0 Å². The van der Waals surface area contributed by atoms with E-state index in [9.17, 15) is 0 Å². The predicted molar refractivity (Wildman–Crippen MR) is 76.7 cm³/mol. The highest BCUT2D eigenvalue weighted by atomic mass is 79.9. The van der Waals surface area contributed by atoms with Gasteiger partial charge in [0.1, 0.15) is 11.5 Å². The number of hydrogen-bond acceptors (Lipinski definition) is 3. The van der Waals surface area contributed by atoms with E-state index in [4.69, 9.17) is 25.8 Å². The largest absolute Gasteiger partial charge is 0.455 e. The highest BCUT2D eigenvalue weighted by Gasteiger charge is 2.15. The molecular weight excluding hydrogens is 332 g/mol. The van der Waals surface area contributed by atoms with Crippen molar-refractivity contribution in [1.82, 2.24) is 0 Å².